The number of halogens is 1. The molecule has 0 aromatic heterocycles. The Balaban J connectivity index is 2.26. The van der Waals surface area contributed by atoms with Gasteiger partial charge in [0, 0.05) is 6.04 Å². The van der Waals surface area contributed by atoms with Crippen LogP contribution in [0.15, 0.2) is 18.2 Å². The van der Waals surface area contributed by atoms with E-state index >= 15 is 0 Å². The molecule has 0 amide bonds. The predicted octanol–water partition coefficient (Wildman–Crippen LogP) is 4.22. The first-order valence-electron chi connectivity index (χ1n) is 7.11. The van der Waals surface area contributed by atoms with Crippen molar-refractivity contribution in [1.29, 1.82) is 0 Å². The van der Waals surface area contributed by atoms with Crippen molar-refractivity contribution in [3.8, 4) is 0 Å². The Morgan fingerprint density at radius 3 is 2.78 bits per heavy atom. The van der Waals surface area contributed by atoms with Gasteiger partial charge in [-0.2, -0.15) is 0 Å². The van der Waals surface area contributed by atoms with Crippen LogP contribution in [0.5, 0.6) is 0 Å². The van der Waals surface area contributed by atoms with E-state index in [1.807, 2.05) is 6.07 Å². The predicted molar refractivity (Wildman–Crippen MR) is 74.1 cm³/mol. The van der Waals surface area contributed by atoms with E-state index in [4.69, 9.17) is 0 Å². The minimum atomic E-state index is -0.121. The third-order valence-electron chi connectivity index (χ3n) is 4.21. The average Bonchev–Trinajstić information content (AvgIpc) is 2.76. The summed E-state index contributed by atoms with van der Waals surface area (Å²) >= 11 is 0. The van der Waals surface area contributed by atoms with Gasteiger partial charge in [0.05, 0.1) is 0 Å². The zero-order valence-electron chi connectivity index (χ0n) is 11.7. The van der Waals surface area contributed by atoms with Crippen LogP contribution in [0.4, 0.5) is 4.39 Å². The van der Waals surface area contributed by atoms with Crippen molar-refractivity contribution >= 4 is 0 Å². The normalized spacial score (nSPS) is 25.3. The van der Waals surface area contributed by atoms with E-state index in [-0.39, 0.29) is 5.82 Å². The highest BCUT2D eigenvalue weighted by Gasteiger charge is 2.30. The van der Waals surface area contributed by atoms with Crippen LogP contribution >= 0.6 is 0 Å². The van der Waals surface area contributed by atoms with Crippen LogP contribution in [-0.4, -0.2) is 6.54 Å². The highest BCUT2D eigenvalue weighted by atomic mass is 19.1. The first kappa shape index (κ1) is 13.5. The summed E-state index contributed by atoms with van der Waals surface area (Å²) in [7, 11) is 0. The standard InChI is InChI=1S/C16H24FN/c1-4-18-16(13-7-5-11(2)9-13)15-10-14(17)8-6-12(15)3/h6,8,10-11,13,16,18H,4-5,7,9H2,1-3H3. The van der Waals surface area contributed by atoms with Gasteiger partial charge in [0.2, 0.25) is 0 Å². The van der Waals surface area contributed by atoms with E-state index < -0.39 is 0 Å². The van der Waals surface area contributed by atoms with Gasteiger partial charge in [0.25, 0.3) is 0 Å². The molecule has 18 heavy (non-hydrogen) atoms. The molecule has 0 heterocycles. The lowest BCUT2D eigenvalue weighted by Crippen LogP contribution is -2.28. The topological polar surface area (TPSA) is 12.0 Å². The Bertz CT molecular complexity index is 402. The molecule has 3 unspecified atom stereocenters. The Kier molecular flexibility index (Phi) is 4.39. The number of hydrogen-bond donors (Lipinski definition) is 1. The van der Waals surface area contributed by atoms with E-state index in [0.717, 1.165) is 18.0 Å². The molecule has 0 spiro atoms. The van der Waals surface area contributed by atoms with E-state index in [2.05, 4.69) is 26.1 Å². The third kappa shape index (κ3) is 2.92. The zero-order valence-corrected chi connectivity index (χ0v) is 11.7. The summed E-state index contributed by atoms with van der Waals surface area (Å²) < 4.78 is 13.5. The molecule has 1 aliphatic rings. The minimum Gasteiger partial charge on any atom is -0.310 e. The fourth-order valence-corrected chi connectivity index (χ4v) is 3.25. The molecular weight excluding hydrogens is 225 g/mol. The number of aryl methyl sites for hydroxylation is 1. The maximum Gasteiger partial charge on any atom is 0.123 e. The Morgan fingerprint density at radius 1 is 1.39 bits per heavy atom. The summed E-state index contributed by atoms with van der Waals surface area (Å²) in [6, 6.07) is 5.48. The summed E-state index contributed by atoms with van der Waals surface area (Å²) in [5.74, 6) is 1.34. The second kappa shape index (κ2) is 5.83. The van der Waals surface area contributed by atoms with Gasteiger partial charge in [0.15, 0.2) is 0 Å². The van der Waals surface area contributed by atoms with Gasteiger partial charge in [-0.3, -0.25) is 0 Å². The molecule has 0 radical (unpaired) electrons. The zero-order chi connectivity index (χ0) is 13.1. The first-order valence-corrected chi connectivity index (χ1v) is 7.11. The van der Waals surface area contributed by atoms with Crippen LogP contribution in [-0.2, 0) is 0 Å². The molecule has 1 aromatic carbocycles. The Labute approximate surface area is 110 Å². The highest BCUT2D eigenvalue weighted by Crippen LogP contribution is 2.39. The van der Waals surface area contributed by atoms with E-state index in [1.165, 1.54) is 24.8 Å². The van der Waals surface area contributed by atoms with Gasteiger partial charge >= 0.3 is 0 Å². The van der Waals surface area contributed by atoms with Crippen molar-refractivity contribution in [2.24, 2.45) is 11.8 Å². The molecular formula is C16H24FN. The summed E-state index contributed by atoms with van der Waals surface area (Å²) in [6.07, 6.45) is 3.82. The Hall–Kier alpha value is -0.890. The number of hydrogen-bond acceptors (Lipinski definition) is 1. The average molecular weight is 249 g/mol. The molecule has 2 heteroatoms. The maximum absolute atomic E-state index is 13.5. The van der Waals surface area contributed by atoms with Crippen LogP contribution in [0, 0.1) is 24.6 Å². The molecule has 0 saturated heterocycles. The lowest BCUT2D eigenvalue weighted by atomic mass is 9.88. The third-order valence-corrected chi connectivity index (χ3v) is 4.21. The van der Waals surface area contributed by atoms with Crippen LogP contribution in [0.1, 0.15) is 50.3 Å². The van der Waals surface area contributed by atoms with Crippen molar-refractivity contribution in [1.82, 2.24) is 5.32 Å². The Morgan fingerprint density at radius 2 is 2.17 bits per heavy atom. The van der Waals surface area contributed by atoms with Gasteiger partial charge < -0.3 is 5.32 Å². The van der Waals surface area contributed by atoms with E-state index in [1.54, 1.807) is 12.1 Å². The molecule has 100 valence electrons. The number of rotatable bonds is 4. The smallest absolute Gasteiger partial charge is 0.123 e. The first-order chi connectivity index (χ1) is 8.61. The van der Waals surface area contributed by atoms with Crippen molar-refractivity contribution in [3.63, 3.8) is 0 Å². The molecule has 3 atom stereocenters. The van der Waals surface area contributed by atoms with Gasteiger partial charge in [-0.15, -0.1) is 0 Å². The van der Waals surface area contributed by atoms with Crippen molar-refractivity contribution in [2.75, 3.05) is 6.54 Å². The molecule has 1 N–H and O–H groups in total. The van der Waals surface area contributed by atoms with E-state index in [0.29, 0.717) is 12.0 Å². The lowest BCUT2D eigenvalue weighted by molar-refractivity contribution is 0.363. The van der Waals surface area contributed by atoms with E-state index in [9.17, 15) is 4.39 Å². The maximum atomic E-state index is 13.5. The van der Waals surface area contributed by atoms with Crippen molar-refractivity contribution < 1.29 is 4.39 Å². The van der Waals surface area contributed by atoms with Gasteiger partial charge in [-0.05, 0) is 61.4 Å². The molecule has 1 saturated carbocycles. The lowest BCUT2D eigenvalue weighted by Gasteiger charge is -2.26. The van der Waals surface area contributed by atoms with Gasteiger partial charge in [-0.1, -0.05) is 26.3 Å². The number of nitrogens with one attached hydrogen (secondary N) is 1. The molecule has 1 aliphatic carbocycles. The molecule has 1 aromatic rings. The summed E-state index contributed by atoms with van der Waals surface area (Å²) in [4.78, 5) is 0. The second-order valence-corrected chi connectivity index (χ2v) is 5.71. The molecule has 1 nitrogen and oxygen atoms in total. The van der Waals surface area contributed by atoms with Crippen molar-refractivity contribution in [2.45, 2.75) is 46.1 Å². The van der Waals surface area contributed by atoms with Crippen molar-refractivity contribution in [3.05, 3.63) is 35.1 Å². The minimum absolute atomic E-state index is 0.121. The van der Waals surface area contributed by atoms with Gasteiger partial charge in [-0.25, -0.2) is 4.39 Å². The molecule has 0 aliphatic heterocycles. The van der Waals surface area contributed by atoms with Crippen LogP contribution in [0.3, 0.4) is 0 Å². The molecule has 0 bridgehead atoms. The number of benzene rings is 1. The fourth-order valence-electron chi connectivity index (χ4n) is 3.25. The summed E-state index contributed by atoms with van der Waals surface area (Å²) in [5.41, 5.74) is 2.35. The second-order valence-electron chi connectivity index (χ2n) is 5.71. The quantitative estimate of drug-likeness (QED) is 0.842. The fraction of sp³-hybridized carbons (Fsp3) is 0.625. The SMILES string of the molecule is CCNC(c1cc(F)ccc1C)C1CCC(C)C1. The summed E-state index contributed by atoms with van der Waals surface area (Å²) in [6.45, 7) is 7.46. The van der Waals surface area contributed by atoms with Crippen LogP contribution in [0.2, 0.25) is 0 Å². The molecule has 2 rings (SSSR count). The van der Waals surface area contributed by atoms with Gasteiger partial charge in [0.1, 0.15) is 5.82 Å². The monoisotopic (exact) mass is 249 g/mol. The summed E-state index contributed by atoms with van der Waals surface area (Å²) in [5, 5.41) is 3.56. The largest absolute Gasteiger partial charge is 0.310 e. The highest BCUT2D eigenvalue weighted by molar-refractivity contribution is 5.30. The molecule has 1 fully saturated rings. The van der Waals surface area contributed by atoms with Crippen LogP contribution < -0.4 is 5.32 Å². The van der Waals surface area contributed by atoms with Crippen LogP contribution in [0.25, 0.3) is 0 Å².